The number of anilines is 1. The van der Waals surface area contributed by atoms with Crippen LogP contribution < -0.4 is 10.9 Å². The summed E-state index contributed by atoms with van der Waals surface area (Å²) in [6, 6.07) is 12.0. The average Bonchev–Trinajstić information content (AvgIpc) is 3.38. The number of benzene rings is 1. The zero-order chi connectivity index (χ0) is 21.8. The quantitative estimate of drug-likeness (QED) is 0.297. The fraction of sp³-hybridized carbons (Fsp3) is 0.273. The topological polar surface area (TPSA) is 76.9 Å². The van der Waals surface area contributed by atoms with Gasteiger partial charge >= 0.3 is 0 Å². The minimum Gasteiger partial charge on any atom is -0.301 e. The molecule has 1 amide bonds. The van der Waals surface area contributed by atoms with Crippen molar-refractivity contribution >= 4 is 55.7 Å². The summed E-state index contributed by atoms with van der Waals surface area (Å²) in [6.45, 7) is 4.47. The molecule has 0 radical (unpaired) electrons. The van der Waals surface area contributed by atoms with Gasteiger partial charge < -0.3 is 5.32 Å². The highest BCUT2D eigenvalue weighted by molar-refractivity contribution is 7.99. The number of carbonyl (C=O) groups is 1. The molecular weight excluding hydrogens is 448 g/mol. The molecule has 0 unspecified atom stereocenters. The first-order valence-corrected chi connectivity index (χ1v) is 12.6. The number of nitrogens with zero attached hydrogens (tertiary/aromatic N) is 3. The smallest absolute Gasteiger partial charge is 0.262 e. The van der Waals surface area contributed by atoms with E-state index >= 15 is 0 Å². The summed E-state index contributed by atoms with van der Waals surface area (Å²) in [6.07, 6.45) is 1.58. The molecule has 0 saturated carbocycles. The lowest BCUT2D eigenvalue weighted by Gasteiger charge is -2.12. The molecule has 0 bridgehead atoms. The third-order valence-corrected chi connectivity index (χ3v) is 7.71. The van der Waals surface area contributed by atoms with E-state index in [9.17, 15) is 9.59 Å². The van der Waals surface area contributed by atoms with E-state index in [0.29, 0.717) is 22.2 Å². The summed E-state index contributed by atoms with van der Waals surface area (Å²) < 4.78 is 1.70. The monoisotopic (exact) mass is 470 g/mol. The van der Waals surface area contributed by atoms with E-state index in [1.54, 1.807) is 15.9 Å². The maximum Gasteiger partial charge on any atom is 0.262 e. The van der Waals surface area contributed by atoms with Crippen LogP contribution in [-0.4, -0.2) is 26.2 Å². The van der Waals surface area contributed by atoms with Crippen LogP contribution >= 0.6 is 34.4 Å². The van der Waals surface area contributed by atoms with Crippen LogP contribution in [0.25, 0.3) is 10.2 Å². The number of hydrogen-bond donors (Lipinski definition) is 1. The molecule has 0 aliphatic carbocycles. The van der Waals surface area contributed by atoms with Crippen molar-refractivity contribution in [1.29, 1.82) is 0 Å². The van der Waals surface area contributed by atoms with Crippen LogP contribution in [0.15, 0.2) is 51.7 Å². The minimum absolute atomic E-state index is 0.0460. The van der Waals surface area contributed by atoms with Crippen LogP contribution in [-0.2, 0) is 24.2 Å². The lowest BCUT2D eigenvalue weighted by atomic mass is 10.1. The van der Waals surface area contributed by atoms with Gasteiger partial charge in [0.15, 0.2) is 10.3 Å². The molecule has 0 aliphatic heterocycles. The largest absolute Gasteiger partial charge is 0.301 e. The molecule has 6 nitrogen and oxygen atoms in total. The first-order valence-electron chi connectivity index (χ1n) is 9.95. The average molecular weight is 471 g/mol. The third-order valence-electron chi connectivity index (χ3n) is 4.68. The minimum atomic E-state index is -0.163. The van der Waals surface area contributed by atoms with Crippen molar-refractivity contribution in [2.75, 3.05) is 11.1 Å². The Bertz CT molecular complexity index is 1260. The van der Waals surface area contributed by atoms with Gasteiger partial charge in [0, 0.05) is 16.8 Å². The van der Waals surface area contributed by atoms with Gasteiger partial charge in [-0.25, -0.2) is 9.97 Å². The molecule has 0 atom stereocenters. The van der Waals surface area contributed by atoms with Gasteiger partial charge in [-0.05, 0) is 31.4 Å². The number of aromatic nitrogens is 3. The van der Waals surface area contributed by atoms with E-state index in [1.807, 2.05) is 48.7 Å². The normalized spacial score (nSPS) is 11.2. The van der Waals surface area contributed by atoms with E-state index in [0.717, 1.165) is 33.8 Å². The predicted molar refractivity (Wildman–Crippen MR) is 130 cm³/mol. The van der Waals surface area contributed by atoms with Crippen LogP contribution in [0.2, 0.25) is 0 Å². The Hall–Kier alpha value is -2.49. The number of thioether (sulfide) groups is 1. The molecule has 9 heteroatoms. The van der Waals surface area contributed by atoms with E-state index in [2.05, 4.69) is 17.2 Å². The zero-order valence-corrected chi connectivity index (χ0v) is 19.7. The molecule has 31 heavy (non-hydrogen) atoms. The molecule has 160 valence electrons. The Kier molecular flexibility index (Phi) is 6.84. The SMILES string of the molecule is CCc1cc2c(=O)n(CCc3ccccc3)c(SCC(=O)Nc3nc(C)cs3)nc2s1. The Morgan fingerprint density at radius 2 is 2.03 bits per heavy atom. The first-order chi connectivity index (χ1) is 15.0. The summed E-state index contributed by atoms with van der Waals surface area (Å²) in [5, 5.41) is 6.51. The van der Waals surface area contributed by atoms with Crippen LogP contribution in [0.5, 0.6) is 0 Å². The fourth-order valence-electron chi connectivity index (χ4n) is 3.11. The van der Waals surface area contributed by atoms with Gasteiger partial charge in [-0.2, -0.15) is 0 Å². The van der Waals surface area contributed by atoms with Crippen molar-refractivity contribution in [2.24, 2.45) is 0 Å². The van der Waals surface area contributed by atoms with E-state index in [-0.39, 0.29) is 17.2 Å². The molecule has 0 saturated heterocycles. The number of fused-ring (bicyclic) bond motifs is 1. The molecule has 3 heterocycles. The van der Waals surface area contributed by atoms with Crippen molar-refractivity contribution in [2.45, 2.75) is 38.4 Å². The standard InChI is InChI=1S/C22H22N4O2S3/c1-3-16-11-17-19(31-16)25-22(30-13-18(27)24-21-23-14(2)12-29-21)26(20(17)28)10-9-15-7-5-4-6-8-15/h4-8,11-12H,3,9-10,13H2,1-2H3,(H,23,24,27). The Labute approximate surface area is 192 Å². The van der Waals surface area contributed by atoms with Gasteiger partial charge in [-0.1, -0.05) is 49.0 Å². The van der Waals surface area contributed by atoms with E-state index in [1.165, 1.54) is 23.1 Å². The second kappa shape index (κ2) is 9.76. The lowest BCUT2D eigenvalue weighted by Crippen LogP contribution is -2.24. The van der Waals surface area contributed by atoms with Gasteiger partial charge in [0.2, 0.25) is 5.91 Å². The first kappa shape index (κ1) is 21.7. The van der Waals surface area contributed by atoms with Gasteiger partial charge in [-0.3, -0.25) is 14.2 Å². The lowest BCUT2D eigenvalue weighted by molar-refractivity contribution is -0.113. The van der Waals surface area contributed by atoms with E-state index < -0.39 is 0 Å². The highest BCUT2D eigenvalue weighted by Crippen LogP contribution is 2.25. The van der Waals surface area contributed by atoms with Gasteiger partial charge in [0.1, 0.15) is 4.83 Å². The van der Waals surface area contributed by atoms with Gasteiger partial charge in [-0.15, -0.1) is 22.7 Å². The summed E-state index contributed by atoms with van der Waals surface area (Å²) >= 11 is 4.22. The number of carbonyl (C=O) groups excluding carboxylic acids is 1. The fourth-order valence-corrected chi connectivity index (χ4v) is 5.65. The van der Waals surface area contributed by atoms with Crippen molar-refractivity contribution in [3.8, 4) is 0 Å². The van der Waals surface area contributed by atoms with Gasteiger partial charge in [0.25, 0.3) is 5.56 Å². The second-order valence-corrected chi connectivity index (χ2v) is 9.92. The predicted octanol–water partition coefficient (Wildman–Crippen LogP) is 4.76. The number of hydrogen-bond acceptors (Lipinski definition) is 7. The molecule has 1 aromatic carbocycles. The molecule has 4 aromatic rings. The summed E-state index contributed by atoms with van der Waals surface area (Å²) in [5.74, 6) is -0.00257. The Balaban J connectivity index is 1.58. The molecule has 4 rings (SSSR count). The molecule has 0 spiro atoms. The van der Waals surface area contributed by atoms with Crippen molar-refractivity contribution < 1.29 is 4.79 Å². The molecule has 1 N–H and O–H groups in total. The second-order valence-electron chi connectivity index (χ2n) is 7.00. The highest BCUT2D eigenvalue weighted by atomic mass is 32.2. The van der Waals surface area contributed by atoms with Crippen molar-refractivity contribution in [1.82, 2.24) is 14.5 Å². The number of rotatable bonds is 8. The number of thiazole rings is 1. The maximum absolute atomic E-state index is 13.2. The Morgan fingerprint density at radius 1 is 1.23 bits per heavy atom. The summed E-state index contributed by atoms with van der Waals surface area (Å²) in [5.41, 5.74) is 1.98. The molecule has 3 aromatic heterocycles. The van der Waals surface area contributed by atoms with Crippen LogP contribution in [0, 0.1) is 6.92 Å². The molecule has 0 fully saturated rings. The number of aryl methyl sites for hydroxylation is 3. The van der Waals surface area contributed by atoms with Crippen molar-refractivity contribution in [3.63, 3.8) is 0 Å². The van der Waals surface area contributed by atoms with Gasteiger partial charge in [0.05, 0.1) is 16.8 Å². The maximum atomic E-state index is 13.2. The van der Waals surface area contributed by atoms with E-state index in [4.69, 9.17) is 4.98 Å². The zero-order valence-electron chi connectivity index (χ0n) is 17.3. The number of nitrogens with one attached hydrogen (secondary N) is 1. The summed E-state index contributed by atoms with van der Waals surface area (Å²) in [4.78, 5) is 36.5. The Morgan fingerprint density at radius 3 is 2.74 bits per heavy atom. The highest BCUT2D eigenvalue weighted by Gasteiger charge is 2.16. The third kappa shape index (κ3) is 5.23. The number of amides is 1. The molecular formula is C22H22N4O2S3. The van der Waals surface area contributed by atoms with Crippen LogP contribution in [0.3, 0.4) is 0 Å². The summed E-state index contributed by atoms with van der Waals surface area (Å²) in [7, 11) is 0. The number of thiophene rings is 1. The molecule has 0 aliphatic rings. The van der Waals surface area contributed by atoms with Crippen LogP contribution in [0.1, 0.15) is 23.1 Å². The van der Waals surface area contributed by atoms with Crippen LogP contribution in [0.4, 0.5) is 5.13 Å². The van der Waals surface area contributed by atoms with Crippen molar-refractivity contribution in [3.05, 3.63) is 68.3 Å².